The van der Waals surface area contributed by atoms with Crippen molar-refractivity contribution in [2.45, 2.75) is 32.1 Å². The number of hydrogen-bond acceptors (Lipinski definition) is 4. The van der Waals surface area contributed by atoms with Crippen LogP contribution in [0, 0.1) is 12.8 Å². The molecule has 0 bridgehead atoms. The number of carbonyl (C=O) groups is 2. The van der Waals surface area contributed by atoms with E-state index in [2.05, 4.69) is 13.8 Å². The van der Waals surface area contributed by atoms with Gasteiger partial charge in [0.05, 0.1) is 17.9 Å². The number of carboxylic acid groups (broad SMARTS) is 1. The summed E-state index contributed by atoms with van der Waals surface area (Å²) in [4.78, 5) is 23.3. The highest BCUT2D eigenvalue weighted by molar-refractivity contribution is 8.00. The lowest BCUT2D eigenvalue weighted by Gasteiger charge is -2.08. The summed E-state index contributed by atoms with van der Waals surface area (Å²) in [7, 11) is 0. The number of carbonyl (C=O) groups excluding carboxylic acids is 1. The normalized spacial score (nSPS) is 10.6. The summed E-state index contributed by atoms with van der Waals surface area (Å²) in [5, 5.41) is 8.94. The third-order valence-corrected chi connectivity index (χ3v) is 3.87. The summed E-state index contributed by atoms with van der Waals surface area (Å²) in [5.74, 6) is -0.533. The summed E-state index contributed by atoms with van der Waals surface area (Å²) in [6, 6.07) is 4.89. The molecule has 1 aromatic carbocycles. The second kappa shape index (κ2) is 7.94. The standard InChI is InChI=1S/C15H20O4S/c1-10(2)6-7-19-14(16)9-20-13-8-12(15(17)18)5-4-11(13)3/h4-5,8,10H,6-7,9H2,1-3H3,(H,17,18). The molecular weight excluding hydrogens is 276 g/mol. The molecule has 5 heteroatoms. The van der Waals surface area contributed by atoms with Crippen LogP contribution in [0.2, 0.25) is 0 Å². The van der Waals surface area contributed by atoms with Crippen LogP contribution in [0.25, 0.3) is 0 Å². The molecule has 1 aromatic rings. The third kappa shape index (κ3) is 5.65. The largest absolute Gasteiger partial charge is 0.478 e. The fourth-order valence-corrected chi connectivity index (χ4v) is 2.34. The summed E-state index contributed by atoms with van der Waals surface area (Å²) in [6.07, 6.45) is 0.851. The van der Waals surface area contributed by atoms with Crippen molar-refractivity contribution in [1.29, 1.82) is 0 Å². The van der Waals surface area contributed by atoms with Crippen LogP contribution in [0.1, 0.15) is 36.2 Å². The zero-order valence-electron chi connectivity index (χ0n) is 12.0. The van der Waals surface area contributed by atoms with Gasteiger partial charge in [0, 0.05) is 4.90 Å². The van der Waals surface area contributed by atoms with E-state index in [9.17, 15) is 9.59 Å². The summed E-state index contributed by atoms with van der Waals surface area (Å²) in [6.45, 7) is 6.47. The first-order chi connectivity index (χ1) is 9.40. The Morgan fingerprint density at radius 2 is 2.05 bits per heavy atom. The van der Waals surface area contributed by atoms with Gasteiger partial charge in [0.25, 0.3) is 0 Å². The Morgan fingerprint density at radius 3 is 2.65 bits per heavy atom. The Labute approximate surface area is 123 Å². The van der Waals surface area contributed by atoms with Crippen molar-refractivity contribution in [3.8, 4) is 0 Å². The highest BCUT2D eigenvalue weighted by atomic mass is 32.2. The van der Waals surface area contributed by atoms with Gasteiger partial charge in [-0.3, -0.25) is 4.79 Å². The molecule has 1 N–H and O–H groups in total. The van der Waals surface area contributed by atoms with E-state index in [-0.39, 0.29) is 17.3 Å². The number of aromatic carboxylic acids is 1. The highest BCUT2D eigenvalue weighted by Gasteiger charge is 2.10. The van der Waals surface area contributed by atoms with Crippen LogP contribution >= 0.6 is 11.8 Å². The SMILES string of the molecule is Cc1ccc(C(=O)O)cc1SCC(=O)OCCC(C)C. The van der Waals surface area contributed by atoms with Crippen molar-refractivity contribution in [2.75, 3.05) is 12.4 Å². The van der Waals surface area contributed by atoms with Gasteiger partial charge in [-0.15, -0.1) is 11.8 Å². The topological polar surface area (TPSA) is 63.6 Å². The molecule has 0 spiro atoms. The first-order valence-electron chi connectivity index (χ1n) is 6.52. The molecule has 0 aliphatic heterocycles. The van der Waals surface area contributed by atoms with Crippen molar-refractivity contribution < 1.29 is 19.4 Å². The maximum atomic E-state index is 11.6. The van der Waals surface area contributed by atoms with Gasteiger partial charge in [0.15, 0.2) is 0 Å². The summed E-state index contributed by atoms with van der Waals surface area (Å²) in [5.41, 5.74) is 1.18. The minimum atomic E-state index is -0.966. The van der Waals surface area contributed by atoms with Crippen molar-refractivity contribution in [2.24, 2.45) is 5.92 Å². The van der Waals surface area contributed by atoms with Crippen LogP contribution in [0.3, 0.4) is 0 Å². The lowest BCUT2D eigenvalue weighted by atomic mass is 10.1. The molecule has 0 saturated carbocycles. The van der Waals surface area contributed by atoms with Gasteiger partial charge < -0.3 is 9.84 Å². The predicted molar refractivity (Wildman–Crippen MR) is 79.3 cm³/mol. The fourth-order valence-electron chi connectivity index (χ4n) is 1.48. The van der Waals surface area contributed by atoms with Crippen molar-refractivity contribution in [1.82, 2.24) is 0 Å². The van der Waals surface area contributed by atoms with Gasteiger partial charge in [0.1, 0.15) is 0 Å². The van der Waals surface area contributed by atoms with Crippen molar-refractivity contribution in [3.05, 3.63) is 29.3 Å². The number of thioether (sulfide) groups is 1. The van der Waals surface area contributed by atoms with Crippen LogP contribution in [0.4, 0.5) is 0 Å². The van der Waals surface area contributed by atoms with Gasteiger partial charge in [-0.05, 0) is 37.0 Å². The Bertz CT molecular complexity index is 483. The molecular formula is C15H20O4S. The number of ether oxygens (including phenoxy) is 1. The fraction of sp³-hybridized carbons (Fsp3) is 0.467. The van der Waals surface area contributed by atoms with Gasteiger partial charge >= 0.3 is 11.9 Å². The van der Waals surface area contributed by atoms with E-state index < -0.39 is 5.97 Å². The van der Waals surface area contributed by atoms with E-state index in [1.807, 2.05) is 6.92 Å². The Hall–Kier alpha value is -1.49. The molecule has 4 nitrogen and oxygen atoms in total. The first-order valence-corrected chi connectivity index (χ1v) is 7.51. The number of carboxylic acids is 1. The molecule has 0 radical (unpaired) electrons. The number of esters is 1. The maximum Gasteiger partial charge on any atom is 0.335 e. The van der Waals surface area contributed by atoms with E-state index in [0.717, 1.165) is 16.9 Å². The highest BCUT2D eigenvalue weighted by Crippen LogP contribution is 2.24. The van der Waals surface area contributed by atoms with Gasteiger partial charge in [-0.25, -0.2) is 4.79 Å². The van der Waals surface area contributed by atoms with E-state index in [4.69, 9.17) is 9.84 Å². The monoisotopic (exact) mass is 296 g/mol. The van der Waals surface area contributed by atoms with Crippen LogP contribution in [-0.2, 0) is 9.53 Å². The van der Waals surface area contributed by atoms with Crippen molar-refractivity contribution >= 4 is 23.7 Å². The summed E-state index contributed by atoms with van der Waals surface area (Å²) >= 11 is 1.31. The van der Waals surface area contributed by atoms with E-state index in [1.54, 1.807) is 18.2 Å². The molecule has 0 aliphatic rings. The molecule has 1 rings (SSSR count). The second-order valence-electron chi connectivity index (χ2n) is 4.98. The van der Waals surface area contributed by atoms with Crippen molar-refractivity contribution in [3.63, 3.8) is 0 Å². The zero-order chi connectivity index (χ0) is 15.1. The van der Waals surface area contributed by atoms with Crippen LogP contribution in [0.5, 0.6) is 0 Å². The molecule has 110 valence electrons. The van der Waals surface area contributed by atoms with Crippen LogP contribution in [-0.4, -0.2) is 29.4 Å². The lowest BCUT2D eigenvalue weighted by molar-refractivity contribution is -0.140. The minimum Gasteiger partial charge on any atom is -0.478 e. The lowest BCUT2D eigenvalue weighted by Crippen LogP contribution is -2.10. The van der Waals surface area contributed by atoms with E-state index >= 15 is 0 Å². The number of benzene rings is 1. The van der Waals surface area contributed by atoms with Gasteiger partial charge in [-0.1, -0.05) is 19.9 Å². The summed E-state index contributed by atoms with van der Waals surface area (Å²) < 4.78 is 5.12. The Morgan fingerprint density at radius 1 is 1.35 bits per heavy atom. The van der Waals surface area contributed by atoms with E-state index in [0.29, 0.717) is 12.5 Å². The molecule has 0 amide bonds. The maximum absolute atomic E-state index is 11.6. The smallest absolute Gasteiger partial charge is 0.335 e. The van der Waals surface area contributed by atoms with Crippen LogP contribution < -0.4 is 0 Å². The Balaban J connectivity index is 2.50. The molecule has 0 saturated heterocycles. The quantitative estimate of drug-likeness (QED) is 0.617. The molecule has 20 heavy (non-hydrogen) atoms. The molecule has 0 aliphatic carbocycles. The molecule has 0 aromatic heterocycles. The zero-order valence-corrected chi connectivity index (χ0v) is 12.8. The van der Waals surface area contributed by atoms with Gasteiger partial charge in [0.2, 0.25) is 0 Å². The number of hydrogen-bond donors (Lipinski definition) is 1. The third-order valence-electron chi connectivity index (χ3n) is 2.74. The second-order valence-corrected chi connectivity index (χ2v) is 5.99. The van der Waals surface area contributed by atoms with E-state index in [1.165, 1.54) is 11.8 Å². The number of rotatable bonds is 7. The van der Waals surface area contributed by atoms with Gasteiger partial charge in [-0.2, -0.15) is 0 Å². The minimum absolute atomic E-state index is 0.196. The number of aryl methyl sites for hydroxylation is 1. The average molecular weight is 296 g/mol. The predicted octanol–water partition coefficient (Wildman–Crippen LogP) is 3.37. The Kier molecular flexibility index (Phi) is 6.58. The average Bonchev–Trinajstić information content (AvgIpc) is 2.37. The molecule has 0 fully saturated rings. The molecule has 0 unspecified atom stereocenters. The molecule has 0 atom stereocenters. The first kappa shape index (κ1) is 16.6. The van der Waals surface area contributed by atoms with Crippen LogP contribution in [0.15, 0.2) is 23.1 Å². The molecule has 0 heterocycles.